The predicted molar refractivity (Wildman–Crippen MR) is 74.2 cm³/mol. The lowest BCUT2D eigenvalue weighted by Gasteiger charge is -2.07. The third-order valence-electron chi connectivity index (χ3n) is 2.61. The minimum Gasteiger partial charge on any atom is -0.236 e. The summed E-state index contributed by atoms with van der Waals surface area (Å²) >= 11 is 0. The van der Waals surface area contributed by atoms with Crippen LogP contribution in [-0.2, 0) is 28.6 Å². The summed E-state index contributed by atoms with van der Waals surface area (Å²) in [5.41, 5.74) is 0. The SMILES string of the molecule is O=S(=O)(OCOS(=O)(=O)c1ccc(F)cc1)c1ccc(F)cc1. The first-order chi connectivity index (χ1) is 10.7. The van der Waals surface area contributed by atoms with Crippen LogP contribution in [0.2, 0.25) is 0 Å². The van der Waals surface area contributed by atoms with E-state index in [0.29, 0.717) is 0 Å². The van der Waals surface area contributed by atoms with Gasteiger partial charge < -0.3 is 0 Å². The van der Waals surface area contributed by atoms with Crippen LogP contribution in [-0.4, -0.2) is 23.6 Å². The summed E-state index contributed by atoms with van der Waals surface area (Å²) in [6.07, 6.45) is 0. The highest BCUT2D eigenvalue weighted by Gasteiger charge is 2.19. The predicted octanol–water partition coefficient (Wildman–Crippen LogP) is 2.03. The fourth-order valence-electron chi connectivity index (χ4n) is 1.48. The quantitative estimate of drug-likeness (QED) is 0.576. The third-order valence-corrected chi connectivity index (χ3v) is 5.12. The van der Waals surface area contributed by atoms with Crippen LogP contribution >= 0.6 is 0 Å². The first kappa shape index (κ1) is 17.5. The van der Waals surface area contributed by atoms with Crippen LogP contribution in [0.3, 0.4) is 0 Å². The Bertz CT molecular complexity index is 800. The van der Waals surface area contributed by atoms with Gasteiger partial charge in [-0.1, -0.05) is 0 Å². The van der Waals surface area contributed by atoms with Gasteiger partial charge in [-0.15, -0.1) is 0 Å². The third kappa shape index (κ3) is 4.55. The normalized spacial score (nSPS) is 12.3. The molecule has 0 aromatic heterocycles. The lowest BCUT2D eigenvalue weighted by Crippen LogP contribution is -2.14. The molecule has 2 aromatic rings. The van der Waals surface area contributed by atoms with Gasteiger partial charge in [-0.2, -0.15) is 16.8 Å². The van der Waals surface area contributed by atoms with E-state index in [4.69, 9.17) is 0 Å². The number of hydrogen-bond acceptors (Lipinski definition) is 6. The molecule has 0 aliphatic heterocycles. The zero-order valence-corrected chi connectivity index (χ0v) is 13.0. The summed E-state index contributed by atoms with van der Waals surface area (Å²) < 4.78 is 81.3. The molecule has 6 nitrogen and oxygen atoms in total. The first-order valence-corrected chi connectivity index (χ1v) is 8.82. The molecule has 0 fully saturated rings. The highest BCUT2D eigenvalue weighted by molar-refractivity contribution is 7.87. The molecule has 0 amide bonds. The topological polar surface area (TPSA) is 86.7 Å². The minimum atomic E-state index is -4.30. The molecule has 0 aliphatic rings. The maximum atomic E-state index is 12.7. The average Bonchev–Trinajstić information content (AvgIpc) is 2.47. The Labute approximate surface area is 131 Å². The van der Waals surface area contributed by atoms with Crippen molar-refractivity contribution in [2.75, 3.05) is 6.79 Å². The molecule has 0 saturated heterocycles. The Morgan fingerprint density at radius 1 is 0.652 bits per heavy atom. The van der Waals surface area contributed by atoms with Crippen LogP contribution < -0.4 is 0 Å². The van der Waals surface area contributed by atoms with Crippen LogP contribution in [0.1, 0.15) is 0 Å². The average molecular weight is 364 g/mol. The number of hydrogen-bond donors (Lipinski definition) is 0. The Hall–Kier alpha value is -1.88. The van der Waals surface area contributed by atoms with Crippen molar-refractivity contribution in [3.63, 3.8) is 0 Å². The van der Waals surface area contributed by atoms with Gasteiger partial charge in [-0.05, 0) is 48.5 Å². The first-order valence-electron chi connectivity index (χ1n) is 6.01. The van der Waals surface area contributed by atoms with Crippen LogP contribution in [0.25, 0.3) is 0 Å². The Balaban J connectivity index is 2.03. The van der Waals surface area contributed by atoms with Crippen molar-refractivity contribution < 1.29 is 34.0 Å². The second-order valence-corrected chi connectivity index (χ2v) is 7.40. The lowest BCUT2D eigenvalue weighted by molar-refractivity contribution is 0.132. The van der Waals surface area contributed by atoms with Gasteiger partial charge >= 0.3 is 0 Å². The van der Waals surface area contributed by atoms with Crippen LogP contribution in [0.4, 0.5) is 8.78 Å². The van der Waals surface area contributed by atoms with Crippen LogP contribution in [0.5, 0.6) is 0 Å². The van der Waals surface area contributed by atoms with E-state index in [1.165, 1.54) is 0 Å². The van der Waals surface area contributed by atoms with E-state index in [0.717, 1.165) is 48.5 Å². The maximum absolute atomic E-state index is 12.7. The molecule has 0 spiro atoms. The van der Waals surface area contributed by atoms with Crippen molar-refractivity contribution >= 4 is 20.2 Å². The summed E-state index contributed by atoms with van der Waals surface area (Å²) in [6, 6.07) is 7.47. The molecule has 2 rings (SSSR count). The van der Waals surface area contributed by atoms with E-state index in [1.54, 1.807) is 0 Å². The van der Waals surface area contributed by atoms with E-state index >= 15 is 0 Å². The monoisotopic (exact) mass is 364 g/mol. The highest BCUT2D eigenvalue weighted by atomic mass is 32.2. The molecule has 2 aromatic carbocycles. The molecule has 124 valence electrons. The largest absolute Gasteiger partial charge is 0.299 e. The van der Waals surface area contributed by atoms with Crippen LogP contribution in [0.15, 0.2) is 58.3 Å². The molecular weight excluding hydrogens is 354 g/mol. The number of benzene rings is 2. The van der Waals surface area contributed by atoms with Crippen molar-refractivity contribution in [2.24, 2.45) is 0 Å². The molecule has 0 saturated carbocycles. The van der Waals surface area contributed by atoms with Gasteiger partial charge in [-0.25, -0.2) is 17.1 Å². The molecule has 0 bridgehead atoms. The molecule has 10 heteroatoms. The van der Waals surface area contributed by atoms with E-state index in [1.807, 2.05) is 0 Å². The minimum absolute atomic E-state index is 0.360. The fourth-order valence-corrected chi connectivity index (χ4v) is 3.11. The van der Waals surface area contributed by atoms with Gasteiger partial charge in [0.05, 0.1) is 9.79 Å². The summed E-state index contributed by atoms with van der Waals surface area (Å²) in [5.74, 6) is -1.28. The smallest absolute Gasteiger partial charge is 0.236 e. The van der Waals surface area contributed by atoms with Gasteiger partial charge in [0.2, 0.25) is 0 Å². The number of rotatable bonds is 6. The summed E-state index contributed by atoms with van der Waals surface area (Å²) in [6.45, 7) is -1.11. The standard InChI is InChI=1S/C13H10F2O6S2/c14-10-1-5-12(6-2-10)22(16,17)20-9-21-23(18,19)13-7-3-11(15)4-8-13/h1-8H,9H2. The van der Waals surface area contributed by atoms with Crippen molar-refractivity contribution in [3.05, 3.63) is 60.2 Å². The van der Waals surface area contributed by atoms with Gasteiger partial charge in [-0.3, -0.25) is 0 Å². The van der Waals surface area contributed by atoms with E-state index in [-0.39, 0.29) is 9.79 Å². The Morgan fingerprint density at radius 2 is 0.957 bits per heavy atom. The summed E-state index contributed by atoms with van der Waals surface area (Å²) in [4.78, 5) is -0.719. The molecule has 0 heterocycles. The van der Waals surface area contributed by atoms with Gasteiger partial charge in [0.15, 0.2) is 6.79 Å². The zero-order valence-electron chi connectivity index (χ0n) is 11.3. The van der Waals surface area contributed by atoms with Crippen molar-refractivity contribution in [3.8, 4) is 0 Å². The fraction of sp³-hybridized carbons (Fsp3) is 0.0769. The Morgan fingerprint density at radius 3 is 1.26 bits per heavy atom. The van der Waals surface area contributed by atoms with Gasteiger partial charge in [0.25, 0.3) is 20.2 Å². The second-order valence-electron chi connectivity index (χ2n) is 4.17. The van der Waals surface area contributed by atoms with E-state index in [2.05, 4.69) is 8.37 Å². The second kappa shape index (κ2) is 6.71. The van der Waals surface area contributed by atoms with Crippen molar-refractivity contribution in [2.45, 2.75) is 9.79 Å². The van der Waals surface area contributed by atoms with Gasteiger partial charge in [0.1, 0.15) is 11.6 Å². The van der Waals surface area contributed by atoms with Crippen molar-refractivity contribution in [1.82, 2.24) is 0 Å². The van der Waals surface area contributed by atoms with Crippen molar-refractivity contribution in [1.29, 1.82) is 0 Å². The summed E-state index contributed by atoms with van der Waals surface area (Å²) in [5, 5.41) is 0. The van der Waals surface area contributed by atoms with E-state index < -0.39 is 38.7 Å². The zero-order chi connectivity index (χ0) is 17.1. The summed E-state index contributed by atoms with van der Waals surface area (Å²) in [7, 11) is -8.61. The Kier molecular flexibility index (Phi) is 5.09. The molecule has 0 aliphatic carbocycles. The van der Waals surface area contributed by atoms with E-state index in [9.17, 15) is 25.6 Å². The molecule has 0 atom stereocenters. The lowest BCUT2D eigenvalue weighted by atomic mass is 10.4. The molecular formula is C13H10F2O6S2. The molecule has 0 unspecified atom stereocenters. The highest BCUT2D eigenvalue weighted by Crippen LogP contribution is 2.16. The number of halogens is 2. The van der Waals surface area contributed by atoms with Gasteiger partial charge in [0, 0.05) is 0 Å². The van der Waals surface area contributed by atoms with Crippen LogP contribution in [0, 0.1) is 11.6 Å². The molecule has 0 N–H and O–H groups in total. The molecule has 23 heavy (non-hydrogen) atoms. The maximum Gasteiger partial charge on any atom is 0.299 e. The molecule has 0 radical (unpaired) electrons.